The van der Waals surface area contributed by atoms with E-state index in [9.17, 15) is 19.2 Å². The molecule has 1 saturated heterocycles. The summed E-state index contributed by atoms with van der Waals surface area (Å²) >= 11 is 2.65. The van der Waals surface area contributed by atoms with Crippen LogP contribution in [0.5, 0.6) is 0 Å². The molecule has 1 unspecified atom stereocenters. The highest BCUT2D eigenvalue weighted by molar-refractivity contribution is 8.13. The average molecular weight is 582 g/mol. The van der Waals surface area contributed by atoms with Gasteiger partial charge in [-0.2, -0.15) is 11.8 Å². The molecule has 2 rings (SSSR count). The van der Waals surface area contributed by atoms with E-state index in [0.717, 1.165) is 11.8 Å². The van der Waals surface area contributed by atoms with Gasteiger partial charge in [-0.15, -0.1) is 0 Å². The van der Waals surface area contributed by atoms with Crippen molar-refractivity contribution in [3.8, 4) is 0 Å². The molecule has 1 aliphatic heterocycles. The van der Waals surface area contributed by atoms with Gasteiger partial charge in [0, 0.05) is 29.6 Å². The molecule has 0 bridgehead atoms. The maximum Gasteiger partial charge on any atom is 0.410 e. The van der Waals surface area contributed by atoms with Gasteiger partial charge >= 0.3 is 17.4 Å². The number of esters is 1. The summed E-state index contributed by atoms with van der Waals surface area (Å²) in [4.78, 5) is 51.6. The number of likely N-dealkylation sites (tertiary alicyclic amines) is 1. The normalized spacial score (nSPS) is 17.6. The lowest BCUT2D eigenvalue weighted by Gasteiger charge is -2.24. The Morgan fingerprint density at radius 2 is 2.00 bits per heavy atom. The molecule has 12 heteroatoms. The molecule has 1 heterocycles. The van der Waals surface area contributed by atoms with Crippen molar-refractivity contribution in [1.29, 1.82) is 0 Å². The summed E-state index contributed by atoms with van der Waals surface area (Å²) in [5, 5.41) is 5.49. The summed E-state index contributed by atoms with van der Waals surface area (Å²) < 4.78 is 15.5. The van der Waals surface area contributed by atoms with Crippen molar-refractivity contribution in [2.45, 2.75) is 56.5 Å². The lowest BCUT2D eigenvalue weighted by Crippen LogP contribution is -2.42. The molecule has 0 spiro atoms. The van der Waals surface area contributed by atoms with E-state index in [1.54, 1.807) is 55.6 Å². The van der Waals surface area contributed by atoms with Crippen molar-refractivity contribution in [1.82, 2.24) is 10.2 Å². The highest BCUT2D eigenvalue weighted by Crippen LogP contribution is 2.31. The minimum absolute atomic E-state index is 0.0834. The van der Waals surface area contributed by atoms with E-state index in [4.69, 9.17) is 14.2 Å². The Balaban J connectivity index is 2.07. The van der Waals surface area contributed by atoms with Gasteiger partial charge in [0.05, 0.1) is 13.2 Å². The number of nitrogens with one attached hydrogen (secondary N) is 2. The summed E-state index contributed by atoms with van der Waals surface area (Å²) in [5.74, 6) is -0.184. The number of rotatable bonds is 12. The topological polar surface area (TPSA) is 123 Å². The van der Waals surface area contributed by atoms with Gasteiger partial charge in [0.2, 0.25) is 0 Å². The van der Waals surface area contributed by atoms with Gasteiger partial charge in [-0.05, 0) is 75.6 Å². The average Bonchev–Trinajstić information content (AvgIpc) is 3.29. The summed E-state index contributed by atoms with van der Waals surface area (Å²) in [6.45, 7) is 9.79. The number of thioether (sulfide) groups is 2. The van der Waals surface area contributed by atoms with Crippen LogP contribution in [0.4, 0.5) is 15.3 Å². The number of methoxy groups -OCH3 is 1. The summed E-state index contributed by atoms with van der Waals surface area (Å²) in [5.41, 5.74) is 0.448. The lowest BCUT2D eigenvalue weighted by molar-refractivity contribution is -0.142. The zero-order chi connectivity index (χ0) is 29.0. The first-order valence-electron chi connectivity index (χ1n) is 12.6. The van der Waals surface area contributed by atoms with E-state index in [0.29, 0.717) is 42.9 Å². The molecule has 10 nitrogen and oxygen atoms in total. The summed E-state index contributed by atoms with van der Waals surface area (Å²) in [6.07, 6.45) is 3.95. The van der Waals surface area contributed by atoms with Crippen LogP contribution in [0.1, 0.15) is 44.0 Å². The van der Waals surface area contributed by atoms with Crippen molar-refractivity contribution >= 4 is 52.5 Å². The van der Waals surface area contributed by atoms with Crippen LogP contribution in [0.25, 0.3) is 0 Å². The van der Waals surface area contributed by atoms with Gasteiger partial charge < -0.3 is 29.7 Å². The molecular weight excluding hydrogens is 542 g/mol. The van der Waals surface area contributed by atoms with Gasteiger partial charge in [0.25, 0.3) is 5.91 Å². The number of hydrogen-bond acceptors (Lipinski definition) is 10. The second kappa shape index (κ2) is 15.7. The van der Waals surface area contributed by atoms with Crippen LogP contribution < -0.4 is 10.6 Å². The Kier molecular flexibility index (Phi) is 13.0. The molecule has 1 aliphatic rings. The molecule has 2 amide bonds. The van der Waals surface area contributed by atoms with Crippen molar-refractivity contribution in [3.05, 3.63) is 42.5 Å². The van der Waals surface area contributed by atoms with E-state index in [1.807, 2.05) is 12.3 Å². The maximum absolute atomic E-state index is 12.9. The quantitative estimate of drug-likeness (QED) is 0.206. The van der Waals surface area contributed by atoms with Crippen LogP contribution in [0.3, 0.4) is 0 Å². The maximum atomic E-state index is 12.9. The number of hydrogen-bond donors (Lipinski definition) is 2. The standard InChI is InChI=1S/C27H39N3O7S2/c1-7-12-36-25(33)30-17-21(39-26(34)37-27(2,3)4)15-20(30)16-28-19-10-8-9-18(14-19)23(31)29-22(11-13-38-6)24(32)35-5/h7-10,14,20-22,28H,1,11-13,15-17H2,2-6H3,(H,29,31)/t20-,21-,22?/m0/s1. The second-order valence-corrected chi connectivity index (χ2v) is 12.1. The molecule has 1 fully saturated rings. The zero-order valence-electron chi connectivity index (χ0n) is 23.2. The number of nitrogens with zero attached hydrogens (tertiary/aromatic N) is 1. The van der Waals surface area contributed by atoms with Crippen LogP contribution in [0, 0.1) is 0 Å². The highest BCUT2D eigenvalue weighted by Gasteiger charge is 2.38. The summed E-state index contributed by atoms with van der Waals surface area (Å²) in [7, 11) is 1.29. The van der Waals surface area contributed by atoms with Crippen LogP contribution in [-0.2, 0) is 19.0 Å². The van der Waals surface area contributed by atoms with Gasteiger partial charge in [0.1, 0.15) is 18.2 Å². The number of carbonyl (C=O) groups is 4. The third kappa shape index (κ3) is 11.0. The first-order chi connectivity index (χ1) is 18.5. The number of amides is 2. The van der Waals surface area contributed by atoms with Crippen LogP contribution in [0.15, 0.2) is 36.9 Å². The molecule has 2 N–H and O–H groups in total. The third-order valence-electron chi connectivity index (χ3n) is 5.66. The minimum Gasteiger partial charge on any atom is -0.467 e. The van der Waals surface area contributed by atoms with Gasteiger partial charge in [-0.3, -0.25) is 4.79 Å². The molecule has 1 aromatic carbocycles. The monoisotopic (exact) mass is 581 g/mol. The first kappa shape index (κ1) is 32.4. The Morgan fingerprint density at radius 1 is 1.26 bits per heavy atom. The van der Waals surface area contributed by atoms with E-state index in [1.165, 1.54) is 13.2 Å². The fourth-order valence-corrected chi connectivity index (χ4v) is 5.47. The van der Waals surface area contributed by atoms with Crippen LogP contribution >= 0.6 is 23.5 Å². The number of carbonyl (C=O) groups excluding carboxylic acids is 4. The van der Waals surface area contributed by atoms with Gasteiger partial charge in [-0.1, -0.05) is 18.7 Å². The fourth-order valence-electron chi connectivity index (χ4n) is 3.87. The molecular formula is C27H39N3O7S2. The Morgan fingerprint density at radius 3 is 2.64 bits per heavy atom. The molecule has 1 aromatic rings. The van der Waals surface area contributed by atoms with Crippen LogP contribution in [-0.4, -0.2) is 89.9 Å². The molecule has 0 saturated carbocycles. The fraction of sp³-hybridized carbons (Fsp3) is 0.556. The van der Waals surface area contributed by atoms with E-state index >= 15 is 0 Å². The second-order valence-electron chi connectivity index (χ2n) is 9.90. The molecule has 0 radical (unpaired) electrons. The molecule has 0 aliphatic carbocycles. The van der Waals surface area contributed by atoms with Crippen molar-refractivity contribution in [3.63, 3.8) is 0 Å². The van der Waals surface area contributed by atoms with Crippen molar-refractivity contribution < 1.29 is 33.4 Å². The SMILES string of the molecule is C=CCOC(=O)N1C[C@@H](SC(=O)OC(C)(C)C)C[C@H]1CNc1cccc(C(=O)NC(CCSC)C(=O)OC)c1. The predicted molar refractivity (Wildman–Crippen MR) is 155 cm³/mol. The Bertz CT molecular complexity index is 1020. The van der Waals surface area contributed by atoms with Gasteiger partial charge in [-0.25, -0.2) is 14.4 Å². The van der Waals surface area contributed by atoms with E-state index in [2.05, 4.69) is 17.2 Å². The largest absolute Gasteiger partial charge is 0.467 e. The highest BCUT2D eigenvalue weighted by atomic mass is 32.2. The number of benzene rings is 1. The van der Waals surface area contributed by atoms with Crippen molar-refractivity contribution in [2.24, 2.45) is 0 Å². The molecule has 3 atom stereocenters. The molecule has 39 heavy (non-hydrogen) atoms. The third-order valence-corrected chi connectivity index (χ3v) is 7.25. The molecule has 0 aromatic heterocycles. The van der Waals surface area contributed by atoms with Crippen LogP contribution in [0.2, 0.25) is 0 Å². The summed E-state index contributed by atoms with van der Waals surface area (Å²) in [6, 6.07) is 5.89. The Hall–Kier alpha value is -2.86. The smallest absolute Gasteiger partial charge is 0.410 e. The number of anilines is 1. The first-order valence-corrected chi connectivity index (χ1v) is 14.9. The minimum atomic E-state index is -0.736. The lowest BCUT2D eigenvalue weighted by atomic mass is 10.1. The van der Waals surface area contributed by atoms with Crippen molar-refractivity contribution in [2.75, 3.05) is 44.1 Å². The Labute approximate surface area is 238 Å². The molecule has 216 valence electrons. The van der Waals surface area contributed by atoms with Gasteiger partial charge in [0.15, 0.2) is 0 Å². The number of ether oxygens (including phenoxy) is 3. The van der Waals surface area contributed by atoms with E-state index in [-0.39, 0.29) is 29.1 Å². The van der Waals surface area contributed by atoms with E-state index < -0.39 is 23.7 Å². The predicted octanol–water partition coefficient (Wildman–Crippen LogP) is 4.56. The zero-order valence-corrected chi connectivity index (χ0v) is 24.8.